The van der Waals surface area contributed by atoms with Crippen LogP contribution in [-0.4, -0.2) is 17.3 Å². The van der Waals surface area contributed by atoms with Gasteiger partial charge in [-0.25, -0.2) is 4.79 Å². The summed E-state index contributed by atoms with van der Waals surface area (Å²) in [5, 5.41) is 12.3. The van der Waals surface area contributed by atoms with Gasteiger partial charge in [-0.05, 0) is 36.1 Å². The Labute approximate surface area is 130 Å². The van der Waals surface area contributed by atoms with E-state index in [1.54, 1.807) is 23.9 Å². The maximum absolute atomic E-state index is 10.9. The quantitative estimate of drug-likeness (QED) is 0.779. The van der Waals surface area contributed by atoms with Crippen molar-refractivity contribution in [2.45, 2.75) is 11.4 Å². The summed E-state index contributed by atoms with van der Waals surface area (Å²) in [5.41, 5.74) is 2.38. The molecular weight excluding hydrogens is 338 g/mol. The van der Waals surface area contributed by atoms with E-state index in [0.29, 0.717) is 6.54 Å². The lowest BCUT2D eigenvalue weighted by atomic mass is 10.1. The summed E-state index contributed by atoms with van der Waals surface area (Å²) in [6.07, 6.45) is 2.04. The molecule has 104 valence electrons. The highest BCUT2D eigenvalue weighted by Crippen LogP contribution is 2.26. The fraction of sp³-hybridized carbons (Fsp3) is 0.133. The fourth-order valence-corrected chi connectivity index (χ4v) is 2.90. The van der Waals surface area contributed by atoms with Gasteiger partial charge in [-0.2, -0.15) is 0 Å². The van der Waals surface area contributed by atoms with Gasteiger partial charge in [-0.1, -0.05) is 34.1 Å². The molecule has 0 atom stereocenters. The molecule has 0 aromatic heterocycles. The van der Waals surface area contributed by atoms with Crippen LogP contribution in [0.5, 0.6) is 0 Å². The Morgan fingerprint density at radius 2 is 2.05 bits per heavy atom. The number of carboxylic acid groups (broad SMARTS) is 1. The largest absolute Gasteiger partial charge is 0.478 e. The second kappa shape index (κ2) is 6.81. The Morgan fingerprint density at radius 1 is 1.30 bits per heavy atom. The molecule has 0 aliphatic rings. The van der Waals surface area contributed by atoms with Crippen molar-refractivity contribution in [2.75, 3.05) is 11.6 Å². The predicted molar refractivity (Wildman–Crippen MR) is 86.7 cm³/mol. The van der Waals surface area contributed by atoms with Gasteiger partial charge in [0.2, 0.25) is 0 Å². The van der Waals surface area contributed by atoms with Crippen molar-refractivity contribution < 1.29 is 9.90 Å². The van der Waals surface area contributed by atoms with Crippen molar-refractivity contribution in [3.05, 3.63) is 58.1 Å². The van der Waals surface area contributed by atoms with Gasteiger partial charge in [0.1, 0.15) is 0 Å². The van der Waals surface area contributed by atoms with Crippen LogP contribution in [0.4, 0.5) is 5.69 Å². The Kier molecular flexibility index (Phi) is 5.09. The number of aromatic carboxylic acids is 1. The van der Waals surface area contributed by atoms with E-state index in [1.807, 2.05) is 30.5 Å². The van der Waals surface area contributed by atoms with E-state index in [4.69, 9.17) is 5.11 Å². The van der Waals surface area contributed by atoms with Gasteiger partial charge >= 0.3 is 5.97 Å². The molecule has 2 N–H and O–H groups in total. The Balaban J connectivity index is 2.13. The summed E-state index contributed by atoms with van der Waals surface area (Å²) in [6, 6.07) is 13.2. The van der Waals surface area contributed by atoms with Crippen LogP contribution >= 0.6 is 27.7 Å². The number of carbonyl (C=O) groups is 1. The number of anilines is 1. The minimum absolute atomic E-state index is 0.283. The average Bonchev–Trinajstić information content (AvgIpc) is 2.46. The monoisotopic (exact) mass is 351 g/mol. The van der Waals surface area contributed by atoms with Gasteiger partial charge < -0.3 is 10.4 Å². The predicted octanol–water partition coefficient (Wildman–Crippen LogP) is 4.48. The molecule has 0 spiro atoms. The molecule has 3 nitrogen and oxygen atoms in total. The molecule has 2 aromatic carbocycles. The minimum Gasteiger partial charge on any atom is -0.478 e. The van der Waals surface area contributed by atoms with Crippen molar-refractivity contribution in [2.24, 2.45) is 0 Å². The number of hydrogen-bond donors (Lipinski definition) is 2. The van der Waals surface area contributed by atoms with Crippen LogP contribution in [0.15, 0.2) is 51.8 Å². The van der Waals surface area contributed by atoms with E-state index in [2.05, 4.69) is 27.3 Å². The molecule has 0 aliphatic carbocycles. The number of carboxylic acids is 1. The SMILES string of the molecule is CSc1ccccc1NCc1ccc(C(=O)O)cc1Br. The van der Waals surface area contributed by atoms with Crippen LogP contribution in [0.2, 0.25) is 0 Å². The van der Waals surface area contributed by atoms with E-state index in [9.17, 15) is 4.79 Å². The van der Waals surface area contributed by atoms with Gasteiger partial charge in [0.15, 0.2) is 0 Å². The average molecular weight is 352 g/mol. The number of para-hydroxylation sites is 1. The van der Waals surface area contributed by atoms with Crippen LogP contribution in [0.1, 0.15) is 15.9 Å². The number of nitrogens with one attached hydrogen (secondary N) is 1. The summed E-state index contributed by atoms with van der Waals surface area (Å²) in [5.74, 6) is -0.919. The maximum atomic E-state index is 10.9. The number of thioether (sulfide) groups is 1. The molecule has 2 aromatic rings. The molecule has 0 heterocycles. The zero-order valence-electron chi connectivity index (χ0n) is 10.9. The molecule has 0 aliphatic heterocycles. The summed E-state index contributed by atoms with van der Waals surface area (Å²) in [4.78, 5) is 12.1. The zero-order chi connectivity index (χ0) is 14.5. The number of halogens is 1. The molecule has 0 fully saturated rings. The first kappa shape index (κ1) is 14.9. The lowest BCUT2D eigenvalue weighted by Gasteiger charge is -2.11. The number of rotatable bonds is 5. The van der Waals surface area contributed by atoms with Gasteiger partial charge in [0.05, 0.1) is 5.56 Å². The number of benzene rings is 2. The standard InChI is InChI=1S/C15H14BrNO2S/c1-20-14-5-3-2-4-13(14)17-9-11-7-6-10(15(18)19)8-12(11)16/h2-8,17H,9H2,1H3,(H,18,19). The van der Waals surface area contributed by atoms with Crippen molar-refractivity contribution in [3.63, 3.8) is 0 Å². The zero-order valence-corrected chi connectivity index (χ0v) is 13.3. The highest BCUT2D eigenvalue weighted by Gasteiger charge is 2.07. The molecule has 0 amide bonds. The van der Waals surface area contributed by atoms with E-state index in [0.717, 1.165) is 15.7 Å². The van der Waals surface area contributed by atoms with E-state index in [1.165, 1.54) is 4.90 Å². The third kappa shape index (κ3) is 3.55. The second-order valence-electron chi connectivity index (χ2n) is 4.17. The van der Waals surface area contributed by atoms with Crippen molar-refractivity contribution >= 4 is 39.3 Å². The maximum Gasteiger partial charge on any atom is 0.335 e. The molecule has 0 bridgehead atoms. The van der Waals surface area contributed by atoms with E-state index >= 15 is 0 Å². The lowest BCUT2D eigenvalue weighted by molar-refractivity contribution is 0.0697. The Morgan fingerprint density at radius 3 is 2.70 bits per heavy atom. The van der Waals surface area contributed by atoms with Crippen LogP contribution in [-0.2, 0) is 6.54 Å². The first-order valence-electron chi connectivity index (χ1n) is 6.00. The third-order valence-corrected chi connectivity index (χ3v) is 4.41. The van der Waals surface area contributed by atoms with Crippen LogP contribution in [0.25, 0.3) is 0 Å². The van der Waals surface area contributed by atoms with E-state index < -0.39 is 5.97 Å². The van der Waals surface area contributed by atoms with Crippen LogP contribution in [0.3, 0.4) is 0 Å². The summed E-state index contributed by atoms with van der Waals surface area (Å²) in [6.45, 7) is 0.637. The molecule has 2 rings (SSSR count). The van der Waals surface area contributed by atoms with Gasteiger partial charge in [0.25, 0.3) is 0 Å². The third-order valence-electron chi connectivity index (χ3n) is 2.88. The first-order chi connectivity index (χ1) is 9.61. The van der Waals surface area contributed by atoms with Gasteiger partial charge in [-0.15, -0.1) is 11.8 Å². The van der Waals surface area contributed by atoms with Crippen molar-refractivity contribution in [3.8, 4) is 0 Å². The Hall–Kier alpha value is -1.46. The molecule has 20 heavy (non-hydrogen) atoms. The smallest absolute Gasteiger partial charge is 0.335 e. The normalized spacial score (nSPS) is 10.3. The van der Waals surface area contributed by atoms with E-state index in [-0.39, 0.29) is 5.56 Å². The van der Waals surface area contributed by atoms with Gasteiger partial charge in [-0.3, -0.25) is 0 Å². The Bertz CT molecular complexity index is 631. The lowest BCUT2D eigenvalue weighted by Crippen LogP contribution is -2.03. The fourth-order valence-electron chi connectivity index (χ4n) is 1.80. The summed E-state index contributed by atoms with van der Waals surface area (Å²) < 4.78 is 0.798. The molecule has 0 saturated carbocycles. The minimum atomic E-state index is -0.919. The van der Waals surface area contributed by atoms with Crippen LogP contribution in [0, 0.1) is 0 Å². The van der Waals surface area contributed by atoms with Gasteiger partial charge in [0, 0.05) is 21.6 Å². The molecular formula is C15H14BrNO2S. The van der Waals surface area contributed by atoms with Crippen LogP contribution < -0.4 is 5.32 Å². The van der Waals surface area contributed by atoms with Crippen molar-refractivity contribution in [1.82, 2.24) is 0 Å². The topological polar surface area (TPSA) is 49.3 Å². The molecule has 0 radical (unpaired) electrons. The van der Waals surface area contributed by atoms with Crippen molar-refractivity contribution in [1.29, 1.82) is 0 Å². The highest BCUT2D eigenvalue weighted by molar-refractivity contribution is 9.10. The summed E-state index contributed by atoms with van der Waals surface area (Å²) in [7, 11) is 0. The summed E-state index contributed by atoms with van der Waals surface area (Å²) >= 11 is 5.11. The molecule has 0 saturated heterocycles. The number of hydrogen-bond acceptors (Lipinski definition) is 3. The highest BCUT2D eigenvalue weighted by atomic mass is 79.9. The second-order valence-corrected chi connectivity index (χ2v) is 5.87. The molecule has 5 heteroatoms. The first-order valence-corrected chi connectivity index (χ1v) is 8.02. The molecule has 0 unspecified atom stereocenters.